The van der Waals surface area contributed by atoms with Crippen LogP contribution < -0.4 is 0 Å². The van der Waals surface area contributed by atoms with Crippen LogP contribution in [0.2, 0.25) is 0 Å². The van der Waals surface area contributed by atoms with Crippen molar-refractivity contribution in [2.45, 2.75) is 0 Å². The Kier molecular flexibility index (Phi) is 2.94. The smallest absolute Gasteiger partial charge is 0.337 e. The van der Waals surface area contributed by atoms with Crippen LogP contribution >= 0.6 is 11.3 Å². The van der Waals surface area contributed by atoms with Crippen LogP contribution in [0.4, 0.5) is 0 Å². The molecule has 0 unspecified atom stereocenters. The van der Waals surface area contributed by atoms with Crippen molar-refractivity contribution in [2.24, 2.45) is 5.10 Å². The number of hydrogen-bond acceptors (Lipinski definition) is 4. The van der Waals surface area contributed by atoms with Crippen molar-refractivity contribution in [1.82, 2.24) is 5.01 Å². The third kappa shape index (κ3) is 1.98. The number of aliphatic carboxylic acids is 1. The van der Waals surface area contributed by atoms with Gasteiger partial charge in [0.15, 0.2) is 0 Å². The molecule has 0 aliphatic carbocycles. The summed E-state index contributed by atoms with van der Waals surface area (Å²) in [5.41, 5.74) is 3.10. The Morgan fingerprint density at radius 1 is 1.27 bits per heavy atom. The molecule has 22 heavy (non-hydrogen) atoms. The van der Waals surface area contributed by atoms with Crippen LogP contribution in [-0.2, 0) is 4.79 Å². The van der Waals surface area contributed by atoms with E-state index in [-0.39, 0.29) is 0 Å². The summed E-state index contributed by atoms with van der Waals surface area (Å²) in [7, 11) is 0. The first-order valence-electron chi connectivity index (χ1n) is 6.89. The van der Waals surface area contributed by atoms with Crippen molar-refractivity contribution in [2.75, 3.05) is 6.54 Å². The highest BCUT2D eigenvalue weighted by Gasteiger charge is 2.28. The number of carboxylic acids is 1. The zero-order valence-corrected chi connectivity index (χ0v) is 12.4. The summed E-state index contributed by atoms with van der Waals surface area (Å²) < 4.78 is 0. The monoisotopic (exact) mass is 308 g/mol. The minimum Gasteiger partial charge on any atom is -0.478 e. The topological polar surface area (TPSA) is 52.9 Å². The van der Waals surface area contributed by atoms with Gasteiger partial charge in [0.1, 0.15) is 0 Å². The third-order valence-corrected chi connectivity index (χ3v) is 4.88. The molecule has 4 rings (SSSR count). The van der Waals surface area contributed by atoms with E-state index in [0.29, 0.717) is 17.8 Å². The average Bonchev–Trinajstić information content (AvgIpc) is 2.99. The fraction of sp³-hybridized carbons (Fsp3) is 0.0588. The maximum atomic E-state index is 11.5. The van der Waals surface area contributed by atoms with E-state index in [1.165, 1.54) is 0 Å². The highest BCUT2D eigenvalue weighted by molar-refractivity contribution is 7.17. The fourth-order valence-electron chi connectivity index (χ4n) is 2.66. The van der Waals surface area contributed by atoms with Crippen molar-refractivity contribution in [1.29, 1.82) is 0 Å². The molecule has 5 heteroatoms. The normalized spacial score (nSPS) is 15.7. The molecule has 0 spiro atoms. The summed E-state index contributed by atoms with van der Waals surface area (Å²) in [6.07, 6.45) is 5.29. The van der Waals surface area contributed by atoms with E-state index in [9.17, 15) is 9.90 Å². The van der Waals surface area contributed by atoms with E-state index in [2.05, 4.69) is 23.3 Å². The average molecular weight is 308 g/mol. The summed E-state index contributed by atoms with van der Waals surface area (Å²) in [6, 6.07) is 12.2. The van der Waals surface area contributed by atoms with Crippen LogP contribution in [0.3, 0.4) is 0 Å². The summed E-state index contributed by atoms with van der Waals surface area (Å²) in [6.45, 7) is 0.598. The van der Waals surface area contributed by atoms with Crippen LogP contribution in [0.5, 0.6) is 0 Å². The number of fused-ring (bicyclic) bond motifs is 3. The van der Waals surface area contributed by atoms with Gasteiger partial charge in [-0.2, -0.15) is 5.10 Å². The van der Waals surface area contributed by atoms with Gasteiger partial charge >= 0.3 is 5.97 Å². The van der Waals surface area contributed by atoms with Gasteiger partial charge in [-0.1, -0.05) is 36.4 Å². The van der Waals surface area contributed by atoms with Crippen LogP contribution in [-0.4, -0.2) is 28.8 Å². The molecule has 1 aromatic heterocycles. The highest BCUT2D eigenvalue weighted by atomic mass is 32.1. The molecule has 0 bridgehead atoms. The van der Waals surface area contributed by atoms with E-state index in [4.69, 9.17) is 0 Å². The third-order valence-electron chi connectivity index (χ3n) is 3.68. The van der Waals surface area contributed by atoms with Gasteiger partial charge in [-0.05, 0) is 17.7 Å². The molecule has 0 saturated heterocycles. The number of nitrogens with zero attached hydrogens (tertiary/aromatic N) is 2. The molecule has 4 nitrogen and oxygen atoms in total. The van der Waals surface area contributed by atoms with Crippen LogP contribution in [0.25, 0.3) is 16.1 Å². The Labute approximate surface area is 131 Å². The SMILES string of the molecule is O=C(O)C1=C2c3sc(-c4ccccc4)cc3C=NN2CC=C1. The number of hydrazone groups is 1. The fourth-order valence-corrected chi connectivity index (χ4v) is 3.86. The predicted octanol–water partition coefficient (Wildman–Crippen LogP) is 3.43. The summed E-state index contributed by atoms with van der Waals surface area (Å²) in [5.74, 6) is -0.923. The Morgan fingerprint density at radius 3 is 2.86 bits per heavy atom. The molecule has 3 heterocycles. The molecule has 0 saturated carbocycles. The number of benzene rings is 1. The van der Waals surface area contributed by atoms with Gasteiger partial charge < -0.3 is 5.11 Å². The maximum absolute atomic E-state index is 11.5. The van der Waals surface area contributed by atoms with Gasteiger partial charge in [-0.15, -0.1) is 11.3 Å². The summed E-state index contributed by atoms with van der Waals surface area (Å²) >= 11 is 1.61. The first kappa shape index (κ1) is 13.0. The number of carbonyl (C=O) groups is 1. The minimum absolute atomic E-state index is 0.297. The van der Waals surface area contributed by atoms with E-state index in [0.717, 1.165) is 20.9 Å². The molecule has 2 aliphatic rings. The molecule has 0 radical (unpaired) electrons. The van der Waals surface area contributed by atoms with Crippen molar-refractivity contribution >= 4 is 29.2 Å². The molecule has 1 aromatic carbocycles. The van der Waals surface area contributed by atoms with Crippen LogP contribution in [0.15, 0.2) is 59.2 Å². The van der Waals surface area contributed by atoms with E-state index in [1.54, 1.807) is 28.6 Å². The van der Waals surface area contributed by atoms with Gasteiger partial charge in [0.05, 0.1) is 28.9 Å². The van der Waals surface area contributed by atoms with E-state index in [1.807, 2.05) is 24.3 Å². The lowest BCUT2D eigenvalue weighted by atomic mass is 10.0. The molecule has 1 N–H and O–H groups in total. The number of carboxylic acid groups (broad SMARTS) is 1. The predicted molar refractivity (Wildman–Crippen MR) is 87.8 cm³/mol. The van der Waals surface area contributed by atoms with Gasteiger partial charge in [-0.25, -0.2) is 4.79 Å². The van der Waals surface area contributed by atoms with E-state index < -0.39 is 5.97 Å². The first-order chi connectivity index (χ1) is 10.7. The van der Waals surface area contributed by atoms with Crippen molar-refractivity contribution in [3.8, 4) is 10.4 Å². The Morgan fingerprint density at radius 2 is 2.09 bits per heavy atom. The van der Waals surface area contributed by atoms with Crippen molar-refractivity contribution in [3.63, 3.8) is 0 Å². The second-order valence-electron chi connectivity index (χ2n) is 5.06. The first-order valence-corrected chi connectivity index (χ1v) is 7.71. The minimum atomic E-state index is -0.923. The Balaban J connectivity index is 1.91. The van der Waals surface area contributed by atoms with Crippen molar-refractivity contribution < 1.29 is 9.90 Å². The number of rotatable bonds is 2. The maximum Gasteiger partial charge on any atom is 0.337 e. The van der Waals surface area contributed by atoms with E-state index >= 15 is 0 Å². The largest absolute Gasteiger partial charge is 0.478 e. The molecule has 2 aliphatic heterocycles. The van der Waals surface area contributed by atoms with Crippen LogP contribution in [0.1, 0.15) is 10.4 Å². The van der Waals surface area contributed by atoms with Crippen molar-refractivity contribution in [3.05, 3.63) is 64.6 Å². The van der Waals surface area contributed by atoms with Gasteiger partial charge in [0, 0.05) is 10.4 Å². The second-order valence-corrected chi connectivity index (χ2v) is 6.11. The molecule has 0 atom stereocenters. The summed E-state index contributed by atoms with van der Waals surface area (Å²) in [5, 5.41) is 15.6. The number of hydrogen-bond donors (Lipinski definition) is 1. The van der Waals surface area contributed by atoms with Gasteiger partial charge in [-0.3, -0.25) is 5.01 Å². The Hall–Kier alpha value is -2.66. The second kappa shape index (κ2) is 4.96. The zero-order valence-electron chi connectivity index (χ0n) is 11.6. The molecule has 0 amide bonds. The molecule has 108 valence electrons. The Bertz CT molecular complexity index is 847. The molecule has 0 fully saturated rings. The van der Waals surface area contributed by atoms with Gasteiger partial charge in [0.2, 0.25) is 0 Å². The lowest BCUT2D eigenvalue weighted by molar-refractivity contribution is -0.132. The molecular weight excluding hydrogens is 296 g/mol. The lowest BCUT2D eigenvalue weighted by Crippen LogP contribution is -2.25. The standard InChI is InChI=1S/C17H12N2O2S/c20-17(21)13-7-4-8-19-15(13)16-12(10-18-19)9-14(22-16)11-5-2-1-3-6-11/h1-7,9-10H,8H2,(H,20,21). The number of thiophene rings is 1. The lowest BCUT2D eigenvalue weighted by Gasteiger charge is -2.27. The molecular formula is C17H12N2O2S. The molecule has 2 aromatic rings. The quantitative estimate of drug-likeness (QED) is 0.924. The summed E-state index contributed by atoms with van der Waals surface area (Å²) in [4.78, 5) is 13.6. The van der Waals surface area contributed by atoms with Crippen LogP contribution in [0, 0.1) is 0 Å². The van der Waals surface area contributed by atoms with Gasteiger partial charge in [0.25, 0.3) is 0 Å². The highest BCUT2D eigenvalue weighted by Crippen LogP contribution is 2.40. The zero-order chi connectivity index (χ0) is 15.1.